The minimum absolute atomic E-state index is 0.129. The van der Waals surface area contributed by atoms with Crippen LogP contribution in [0, 0.1) is 0 Å². The first-order valence-corrected chi connectivity index (χ1v) is 6.08. The van der Waals surface area contributed by atoms with E-state index in [-0.39, 0.29) is 6.03 Å². The van der Waals surface area contributed by atoms with Gasteiger partial charge in [-0.2, -0.15) is 0 Å². The fraction of sp³-hybridized carbons (Fsp3) is 0.267. The summed E-state index contributed by atoms with van der Waals surface area (Å²) in [4.78, 5) is 13.5. The fourth-order valence-corrected chi connectivity index (χ4v) is 1.58. The third kappa shape index (κ3) is 4.87. The highest BCUT2D eigenvalue weighted by atomic mass is 16.5. The van der Waals surface area contributed by atoms with Crippen molar-refractivity contribution in [3.63, 3.8) is 0 Å². The van der Waals surface area contributed by atoms with Crippen LogP contribution in [0.2, 0.25) is 0 Å². The van der Waals surface area contributed by atoms with E-state index in [1.165, 1.54) is 0 Å². The number of urea groups is 1. The molecule has 1 aromatic carbocycles. The number of rotatable bonds is 7. The number of hydrogen-bond donors (Lipinski definition) is 1. The second-order valence-corrected chi connectivity index (χ2v) is 3.99. The van der Waals surface area contributed by atoms with Gasteiger partial charge in [0.15, 0.2) is 0 Å². The number of benzene rings is 1. The molecule has 0 saturated carbocycles. The van der Waals surface area contributed by atoms with E-state index >= 15 is 0 Å². The van der Waals surface area contributed by atoms with Crippen LogP contribution in [0.3, 0.4) is 0 Å². The van der Waals surface area contributed by atoms with E-state index in [1.54, 1.807) is 24.2 Å². The molecule has 4 heteroatoms. The van der Waals surface area contributed by atoms with Crippen molar-refractivity contribution in [2.75, 3.05) is 20.2 Å². The predicted molar refractivity (Wildman–Crippen MR) is 77.2 cm³/mol. The largest absolute Gasteiger partial charge is 0.497 e. The molecule has 102 valence electrons. The van der Waals surface area contributed by atoms with Crippen molar-refractivity contribution in [2.45, 2.75) is 6.54 Å². The van der Waals surface area contributed by atoms with E-state index in [2.05, 4.69) is 18.5 Å². The molecule has 0 aliphatic rings. The highest BCUT2D eigenvalue weighted by Crippen LogP contribution is 2.10. The number of nitrogens with zero attached hydrogens (tertiary/aromatic N) is 1. The maximum absolute atomic E-state index is 11.9. The van der Waals surface area contributed by atoms with E-state index in [9.17, 15) is 4.79 Å². The second kappa shape index (κ2) is 7.97. The zero-order chi connectivity index (χ0) is 14.1. The summed E-state index contributed by atoms with van der Waals surface area (Å²) in [6, 6.07) is 7.45. The number of hydrogen-bond acceptors (Lipinski definition) is 2. The minimum Gasteiger partial charge on any atom is -0.497 e. The molecule has 0 aliphatic carbocycles. The van der Waals surface area contributed by atoms with Gasteiger partial charge in [-0.3, -0.25) is 0 Å². The van der Waals surface area contributed by atoms with Crippen molar-refractivity contribution in [1.29, 1.82) is 0 Å². The lowest BCUT2D eigenvalue weighted by Gasteiger charge is -2.19. The summed E-state index contributed by atoms with van der Waals surface area (Å²) in [5, 5.41) is 2.86. The standard InChI is InChI=1S/C15H20N2O2/c1-4-10-17(11-5-2)15(18)16-12-13-6-8-14(19-3)9-7-13/h4-9H,1-2,10-12H2,3H3,(H,16,18). The SMILES string of the molecule is C=CCN(CC=C)C(=O)NCc1ccc(OC)cc1. The Morgan fingerprint density at radius 1 is 1.26 bits per heavy atom. The molecular weight excluding hydrogens is 240 g/mol. The zero-order valence-corrected chi connectivity index (χ0v) is 11.3. The van der Waals surface area contributed by atoms with Crippen LogP contribution in [-0.2, 0) is 6.54 Å². The Morgan fingerprint density at radius 3 is 2.32 bits per heavy atom. The van der Waals surface area contributed by atoms with Gasteiger partial charge in [-0.1, -0.05) is 24.3 Å². The van der Waals surface area contributed by atoms with Crippen LogP contribution in [0.4, 0.5) is 4.79 Å². The van der Waals surface area contributed by atoms with Gasteiger partial charge in [0.2, 0.25) is 0 Å². The molecule has 1 aromatic rings. The van der Waals surface area contributed by atoms with E-state index < -0.39 is 0 Å². The Labute approximate surface area is 114 Å². The molecule has 0 fully saturated rings. The van der Waals surface area contributed by atoms with Crippen LogP contribution in [0.15, 0.2) is 49.6 Å². The summed E-state index contributed by atoms with van der Waals surface area (Å²) in [5.41, 5.74) is 1.02. The highest BCUT2D eigenvalue weighted by Gasteiger charge is 2.09. The molecular formula is C15H20N2O2. The number of nitrogens with one attached hydrogen (secondary N) is 1. The second-order valence-electron chi connectivity index (χ2n) is 3.99. The van der Waals surface area contributed by atoms with Crippen LogP contribution in [0.1, 0.15) is 5.56 Å². The molecule has 0 bridgehead atoms. The Morgan fingerprint density at radius 2 is 1.84 bits per heavy atom. The topological polar surface area (TPSA) is 41.6 Å². The van der Waals surface area contributed by atoms with Crippen LogP contribution in [0.25, 0.3) is 0 Å². The lowest BCUT2D eigenvalue weighted by Crippen LogP contribution is -2.39. The first-order valence-electron chi connectivity index (χ1n) is 6.08. The van der Waals surface area contributed by atoms with Gasteiger partial charge in [0.1, 0.15) is 5.75 Å². The number of amides is 2. The molecule has 1 rings (SSSR count). The van der Waals surface area contributed by atoms with E-state index in [0.717, 1.165) is 11.3 Å². The summed E-state index contributed by atoms with van der Waals surface area (Å²) in [7, 11) is 1.62. The summed E-state index contributed by atoms with van der Waals surface area (Å²) in [5.74, 6) is 0.801. The first kappa shape index (κ1) is 14.8. The van der Waals surface area contributed by atoms with Gasteiger partial charge in [0, 0.05) is 19.6 Å². The van der Waals surface area contributed by atoms with E-state index in [0.29, 0.717) is 19.6 Å². The maximum Gasteiger partial charge on any atom is 0.318 e. The number of carbonyl (C=O) groups excluding carboxylic acids is 1. The quantitative estimate of drug-likeness (QED) is 0.766. The van der Waals surface area contributed by atoms with Crippen molar-refractivity contribution in [3.8, 4) is 5.75 Å². The van der Waals surface area contributed by atoms with Crippen molar-refractivity contribution >= 4 is 6.03 Å². The third-order valence-corrected chi connectivity index (χ3v) is 2.59. The normalized spacial score (nSPS) is 9.53. The Balaban J connectivity index is 2.51. The minimum atomic E-state index is -0.129. The van der Waals surface area contributed by atoms with Crippen LogP contribution in [-0.4, -0.2) is 31.1 Å². The van der Waals surface area contributed by atoms with Crippen molar-refractivity contribution in [2.24, 2.45) is 0 Å². The van der Waals surface area contributed by atoms with Crippen molar-refractivity contribution in [3.05, 3.63) is 55.1 Å². The molecule has 0 unspecified atom stereocenters. The van der Waals surface area contributed by atoms with E-state index in [1.807, 2.05) is 24.3 Å². The number of methoxy groups -OCH3 is 1. The smallest absolute Gasteiger partial charge is 0.318 e. The zero-order valence-electron chi connectivity index (χ0n) is 11.3. The molecule has 19 heavy (non-hydrogen) atoms. The lowest BCUT2D eigenvalue weighted by atomic mass is 10.2. The molecule has 0 saturated heterocycles. The molecule has 0 heterocycles. The number of ether oxygens (including phenoxy) is 1. The molecule has 2 amide bonds. The Hall–Kier alpha value is -2.23. The molecule has 4 nitrogen and oxygen atoms in total. The van der Waals surface area contributed by atoms with Gasteiger partial charge in [-0.05, 0) is 17.7 Å². The summed E-state index contributed by atoms with van der Waals surface area (Å²) in [6.07, 6.45) is 3.38. The van der Waals surface area contributed by atoms with Gasteiger partial charge in [-0.15, -0.1) is 13.2 Å². The van der Waals surface area contributed by atoms with Gasteiger partial charge in [0.25, 0.3) is 0 Å². The van der Waals surface area contributed by atoms with E-state index in [4.69, 9.17) is 4.74 Å². The van der Waals surface area contributed by atoms with Gasteiger partial charge in [0.05, 0.1) is 7.11 Å². The molecule has 0 radical (unpaired) electrons. The highest BCUT2D eigenvalue weighted by molar-refractivity contribution is 5.74. The molecule has 0 aliphatic heterocycles. The fourth-order valence-electron chi connectivity index (χ4n) is 1.58. The van der Waals surface area contributed by atoms with Crippen LogP contribution in [0.5, 0.6) is 5.75 Å². The van der Waals surface area contributed by atoms with Crippen LogP contribution < -0.4 is 10.1 Å². The number of carbonyl (C=O) groups is 1. The monoisotopic (exact) mass is 260 g/mol. The van der Waals surface area contributed by atoms with Gasteiger partial charge >= 0.3 is 6.03 Å². The van der Waals surface area contributed by atoms with Gasteiger partial charge in [-0.25, -0.2) is 4.79 Å². The maximum atomic E-state index is 11.9. The molecule has 0 atom stereocenters. The average molecular weight is 260 g/mol. The summed E-state index contributed by atoms with van der Waals surface area (Å²) < 4.78 is 5.08. The van der Waals surface area contributed by atoms with Crippen molar-refractivity contribution < 1.29 is 9.53 Å². The molecule has 0 spiro atoms. The lowest BCUT2D eigenvalue weighted by molar-refractivity contribution is 0.208. The summed E-state index contributed by atoms with van der Waals surface area (Å²) in [6.45, 7) is 8.75. The van der Waals surface area contributed by atoms with Gasteiger partial charge < -0.3 is 15.0 Å². The third-order valence-electron chi connectivity index (χ3n) is 2.59. The summed E-state index contributed by atoms with van der Waals surface area (Å²) >= 11 is 0. The molecule has 1 N–H and O–H groups in total. The Kier molecular flexibility index (Phi) is 6.22. The predicted octanol–water partition coefficient (Wildman–Crippen LogP) is 2.58. The first-order chi connectivity index (χ1) is 9.21. The molecule has 0 aromatic heterocycles. The van der Waals surface area contributed by atoms with Crippen molar-refractivity contribution in [1.82, 2.24) is 10.2 Å². The average Bonchev–Trinajstić information content (AvgIpc) is 2.45. The Bertz CT molecular complexity index is 416. The van der Waals surface area contributed by atoms with Crippen LogP contribution >= 0.6 is 0 Å².